The molecular formula is C17H19IN2O3S. The van der Waals surface area contributed by atoms with Crippen LogP contribution in [0.25, 0.3) is 11.3 Å². The van der Waals surface area contributed by atoms with E-state index in [0.717, 1.165) is 30.7 Å². The lowest BCUT2D eigenvalue weighted by Crippen LogP contribution is -2.18. The molecule has 0 spiro atoms. The summed E-state index contributed by atoms with van der Waals surface area (Å²) in [5.41, 5.74) is 1.92. The summed E-state index contributed by atoms with van der Waals surface area (Å²) in [4.78, 5) is 16.4. The van der Waals surface area contributed by atoms with Gasteiger partial charge in [0.15, 0.2) is 5.13 Å². The number of anilines is 1. The summed E-state index contributed by atoms with van der Waals surface area (Å²) in [6.07, 6.45) is 2.67. The molecule has 1 aliphatic heterocycles. The molecule has 24 heavy (non-hydrogen) atoms. The van der Waals surface area contributed by atoms with Crippen molar-refractivity contribution in [2.24, 2.45) is 0 Å². The Morgan fingerprint density at radius 1 is 1.42 bits per heavy atom. The van der Waals surface area contributed by atoms with Crippen LogP contribution in [0.1, 0.15) is 19.3 Å². The molecule has 0 bridgehead atoms. The predicted octanol–water partition coefficient (Wildman–Crippen LogP) is 3.94. The minimum atomic E-state index is -0.0779. The normalized spacial score (nSPS) is 17.1. The molecule has 2 aromatic rings. The summed E-state index contributed by atoms with van der Waals surface area (Å²) in [6, 6.07) is 8.14. The molecule has 3 rings (SSSR count). The van der Waals surface area contributed by atoms with Crippen molar-refractivity contribution in [2.45, 2.75) is 25.4 Å². The van der Waals surface area contributed by atoms with Gasteiger partial charge in [0.2, 0.25) is 5.91 Å². The Morgan fingerprint density at radius 3 is 3.00 bits per heavy atom. The number of amides is 1. The van der Waals surface area contributed by atoms with Gasteiger partial charge in [-0.1, -0.05) is 12.1 Å². The zero-order chi connectivity index (χ0) is 16.8. The minimum absolute atomic E-state index is 0.0779. The summed E-state index contributed by atoms with van der Waals surface area (Å²) < 4.78 is 12.2. The fourth-order valence-corrected chi connectivity index (χ4v) is 3.52. The molecule has 1 saturated heterocycles. The number of thiazole rings is 1. The Hall–Kier alpha value is -1.03. The average molecular weight is 458 g/mol. The lowest BCUT2D eigenvalue weighted by molar-refractivity contribution is -0.117. The molecule has 2 heterocycles. The second-order valence-electron chi connectivity index (χ2n) is 5.55. The maximum Gasteiger partial charge on any atom is 0.228 e. The molecule has 1 fully saturated rings. The van der Waals surface area contributed by atoms with Crippen molar-refractivity contribution in [3.8, 4) is 11.3 Å². The molecule has 1 aromatic carbocycles. The van der Waals surface area contributed by atoms with Gasteiger partial charge in [-0.15, -0.1) is 11.3 Å². The van der Waals surface area contributed by atoms with E-state index in [2.05, 4.69) is 32.9 Å². The fraction of sp³-hybridized carbons (Fsp3) is 0.412. The summed E-state index contributed by atoms with van der Waals surface area (Å²) >= 11 is 3.70. The third kappa shape index (κ3) is 5.23. The molecular weight excluding hydrogens is 439 g/mol. The first-order valence-electron chi connectivity index (χ1n) is 7.91. The highest BCUT2D eigenvalue weighted by molar-refractivity contribution is 14.1. The van der Waals surface area contributed by atoms with Crippen molar-refractivity contribution in [3.63, 3.8) is 0 Å². The number of nitrogens with zero attached hydrogens (tertiary/aromatic N) is 1. The van der Waals surface area contributed by atoms with E-state index in [0.29, 0.717) is 24.8 Å². The first kappa shape index (κ1) is 17.8. The topological polar surface area (TPSA) is 60.5 Å². The second kappa shape index (κ2) is 8.89. The monoisotopic (exact) mass is 458 g/mol. The van der Waals surface area contributed by atoms with E-state index >= 15 is 0 Å². The highest BCUT2D eigenvalue weighted by Gasteiger charge is 2.15. The number of aromatic nitrogens is 1. The van der Waals surface area contributed by atoms with E-state index in [4.69, 9.17) is 9.47 Å². The van der Waals surface area contributed by atoms with E-state index < -0.39 is 0 Å². The molecule has 0 saturated carbocycles. The van der Waals surface area contributed by atoms with Gasteiger partial charge >= 0.3 is 0 Å². The van der Waals surface area contributed by atoms with Crippen LogP contribution in [-0.2, 0) is 14.3 Å². The Labute approximate surface area is 158 Å². The van der Waals surface area contributed by atoms with E-state index in [-0.39, 0.29) is 12.0 Å². The second-order valence-corrected chi connectivity index (χ2v) is 7.66. The van der Waals surface area contributed by atoms with Crippen LogP contribution in [-0.4, -0.2) is 36.8 Å². The van der Waals surface area contributed by atoms with Crippen molar-refractivity contribution in [3.05, 3.63) is 33.2 Å². The highest BCUT2D eigenvalue weighted by atomic mass is 127. The van der Waals surface area contributed by atoms with Gasteiger partial charge in [-0.3, -0.25) is 4.79 Å². The van der Waals surface area contributed by atoms with E-state index in [9.17, 15) is 4.79 Å². The highest BCUT2D eigenvalue weighted by Crippen LogP contribution is 2.25. The predicted molar refractivity (Wildman–Crippen MR) is 103 cm³/mol. The first-order chi connectivity index (χ1) is 11.7. The number of ether oxygens (including phenoxy) is 2. The number of hydrogen-bond acceptors (Lipinski definition) is 5. The van der Waals surface area contributed by atoms with Gasteiger partial charge in [-0.05, 0) is 47.6 Å². The molecule has 1 amide bonds. The first-order valence-corrected chi connectivity index (χ1v) is 9.87. The van der Waals surface area contributed by atoms with Gasteiger partial charge in [0.1, 0.15) is 0 Å². The van der Waals surface area contributed by atoms with E-state index in [1.54, 1.807) is 0 Å². The van der Waals surface area contributed by atoms with Crippen LogP contribution in [0.3, 0.4) is 0 Å². The number of carbonyl (C=O) groups is 1. The molecule has 1 N–H and O–H groups in total. The van der Waals surface area contributed by atoms with Gasteiger partial charge in [-0.2, -0.15) is 0 Å². The molecule has 128 valence electrons. The summed E-state index contributed by atoms with van der Waals surface area (Å²) in [7, 11) is 0. The van der Waals surface area contributed by atoms with Crippen LogP contribution >= 0.6 is 33.9 Å². The number of nitrogens with one attached hydrogen (secondary N) is 1. The summed E-state index contributed by atoms with van der Waals surface area (Å²) in [6.45, 7) is 1.80. The molecule has 7 heteroatoms. The van der Waals surface area contributed by atoms with Gasteiger partial charge in [0, 0.05) is 21.1 Å². The lowest BCUT2D eigenvalue weighted by Gasteiger charge is -2.09. The number of rotatable bonds is 7. The van der Waals surface area contributed by atoms with E-state index in [1.807, 2.05) is 29.6 Å². The van der Waals surface area contributed by atoms with Crippen LogP contribution in [0.2, 0.25) is 0 Å². The van der Waals surface area contributed by atoms with Crippen LogP contribution in [0.4, 0.5) is 5.13 Å². The molecule has 0 radical (unpaired) electrons. The van der Waals surface area contributed by atoms with Gasteiger partial charge < -0.3 is 14.8 Å². The number of hydrogen-bond donors (Lipinski definition) is 1. The van der Waals surface area contributed by atoms with Crippen molar-refractivity contribution in [2.75, 3.05) is 25.1 Å². The van der Waals surface area contributed by atoms with Crippen LogP contribution in [0.5, 0.6) is 0 Å². The number of carbonyl (C=O) groups excluding carboxylic acids is 1. The Morgan fingerprint density at radius 2 is 2.25 bits per heavy atom. The van der Waals surface area contributed by atoms with Crippen molar-refractivity contribution < 1.29 is 14.3 Å². The smallest absolute Gasteiger partial charge is 0.228 e. The average Bonchev–Trinajstić information content (AvgIpc) is 3.24. The molecule has 1 atom stereocenters. The van der Waals surface area contributed by atoms with Gasteiger partial charge in [-0.25, -0.2) is 4.98 Å². The zero-order valence-electron chi connectivity index (χ0n) is 13.2. The van der Waals surface area contributed by atoms with Crippen molar-refractivity contribution in [1.82, 2.24) is 4.98 Å². The van der Waals surface area contributed by atoms with Crippen molar-refractivity contribution in [1.29, 1.82) is 0 Å². The van der Waals surface area contributed by atoms with Gasteiger partial charge in [0.05, 0.1) is 31.4 Å². The van der Waals surface area contributed by atoms with Crippen LogP contribution < -0.4 is 5.32 Å². The molecule has 1 aromatic heterocycles. The molecule has 0 aliphatic carbocycles. The minimum Gasteiger partial charge on any atom is -0.378 e. The molecule has 1 aliphatic rings. The number of benzene rings is 1. The maximum atomic E-state index is 11.9. The largest absolute Gasteiger partial charge is 0.378 e. The standard InChI is InChI=1S/C17H19IN2O3S/c18-13-5-3-12(4-6-13)15-11-24-17(19-15)20-16(21)7-9-22-10-14-2-1-8-23-14/h3-6,11,14H,1-2,7-10H2,(H,19,20,21). The number of halogens is 1. The SMILES string of the molecule is O=C(CCOCC1CCCO1)Nc1nc(-c2ccc(I)cc2)cs1. The third-order valence-corrected chi connectivity index (χ3v) is 5.17. The van der Waals surface area contributed by atoms with Crippen LogP contribution in [0.15, 0.2) is 29.6 Å². The molecule has 1 unspecified atom stereocenters. The van der Waals surface area contributed by atoms with Crippen molar-refractivity contribution >= 4 is 45.0 Å². The zero-order valence-corrected chi connectivity index (χ0v) is 16.1. The fourth-order valence-electron chi connectivity index (χ4n) is 2.42. The Balaban J connectivity index is 1.42. The summed E-state index contributed by atoms with van der Waals surface area (Å²) in [5, 5.41) is 5.40. The van der Waals surface area contributed by atoms with Gasteiger partial charge in [0.25, 0.3) is 0 Å². The summed E-state index contributed by atoms with van der Waals surface area (Å²) in [5.74, 6) is -0.0779. The van der Waals surface area contributed by atoms with Crippen LogP contribution in [0, 0.1) is 3.57 Å². The third-order valence-electron chi connectivity index (χ3n) is 3.69. The Kier molecular flexibility index (Phi) is 6.59. The quantitative estimate of drug-likeness (QED) is 0.505. The Bertz CT molecular complexity index is 669. The molecule has 5 nitrogen and oxygen atoms in total. The van der Waals surface area contributed by atoms with E-state index in [1.165, 1.54) is 14.9 Å². The lowest BCUT2D eigenvalue weighted by atomic mass is 10.2. The maximum absolute atomic E-state index is 11.9.